The van der Waals surface area contributed by atoms with Gasteiger partial charge in [0.1, 0.15) is 11.4 Å². The predicted molar refractivity (Wildman–Crippen MR) is 117 cm³/mol. The van der Waals surface area contributed by atoms with Gasteiger partial charge >= 0.3 is 0 Å². The smallest absolute Gasteiger partial charge is 0.196 e. The van der Waals surface area contributed by atoms with Crippen molar-refractivity contribution in [2.75, 3.05) is 12.9 Å². The fraction of sp³-hybridized carbons (Fsp3) is 0.0870. The fourth-order valence-electron chi connectivity index (χ4n) is 2.86. The lowest BCUT2D eigenvalue weighted by atomic mass is 10.2. The topological polar surface area (TPSA) is 52.8 Å². The van der Waals surface area contributed by atoms with Crippen molar-refractivity contribution in [2.24, 2.45) is 0 Å². The molecule has 0 saturated carbocycles. The van der Waals surface area contributed by atoms with Crippen LogP contribution in [-0.2, 0) is 0 Å². The lowest BCUT2D eigenvalue weighted by molar-refractivity contribution is 0.414. The Morgan fingerprint density at radius 3 is 2.45 bits per heavy atom. The predicted octanol–water partition coefficient (Wildman–Crippen LogP) is 5.14. The minimum Gasteiger partial charge on any atom is -0.497 e. The Hall–Kier alpha value is -3.38. The maximum atomic E-state index is 5.29. The van der Waals surface area contributed by atoms with Crippen molar-refractivity contribution in [3.05, 3.63) is 90.6 Å². The Kier molecular flexibility index (Phi) is 6.02. The molecular formula is C23H20N4OS. The number of nitrogens with zero attached hydrogens (tertiary/aromatic N) is 4. The zero-order valence-electron chi connectivity index (χ0n) is 16.0. The largest absolute Gasteiger partial charge is 0.497 e. The molecule has 0 fully saturated rings. The molecule has 0 aliphatic rings. The van der Waals surface area contributed by atoms with Crippen LogP contribution < -0.4 is 4.74 Å². The van der Waals surface area contributed by atoms with Gasteiger partial charge in [0.15, 0.2) is 11.0 Å². The first-order chi connectivity index (χ1) is 14.3. The Labute approximate surface area is 174 Å². The van der Waals surface area contributed by atoms with Crippen LogP contribution in [0.25, 0.3) is 23.3 Å². The molecule has 144 valence electrons. The fourth-order valence-corrected chi connectivity index (χ4v) is 3.62. The first kappa shape index (κ1) is 19.0. The van der Waals surface area contributed by atoms with Gasteiger partial charge < -0.3 is 4.74 Å². The second-order valence-electron chi connectivity index (χ2n) is 6.18. The maximum Gasteiger partial charge on any atom is 0.196 e. The molecular weight excluding hydrogens is 380 g/mol. The van der Waals surface area contributed by atoms with Gasteiger partial charge in [-0.05, 0) is 42.0 Å². The molecule has 0 bridgehead atoms. The van der Waals surface area contributed by atoms with Gasteiger partial charge in [-0.1, -0.05) is 60.3 Å². The van der Waals surface area contributed by atoms with Crippen molar-refractivity contribution in [1.29, 1.82) is 0 Å². The van der Waals surface area contributed by atoms with Crippen LogP contribution in [-0.4, -0.2) is 32.6 Å². The number of benzene rings is 2. The van der Waals surface area contributed by atoms with E-state index in [0.29, 0.717) is 5.82 Å². The number of aromatic nitrogens is 4. The molecule has 0 spiro atoms. The molecule has 4 aromatic rings. The third-order valence-corrected chi connectivity index (χ3v) is 5.16. The number of hydrogen-bond acceptors (Lipinski definition) is 5. The average Bonchev–Trinajstić information content (AvgIpc) is 3.22. The molecule has 29 heavy (non-hydrogen) atoms. The van der Waals surface area contributed by atoms with Crippen LogP contribution in [0.1, 0.15) is 5.56 Å². The molecule has 0 aliphatic heterocycles. The normalized spacial score (nSPS) is 11.1. The molecule has 0 aliphatic carbocycles. The number of methoxy groups -OCH3 is 1. The molecule has 0 atom stereocenters. The van der Waals surface area contributed by atoms with Gasteiger partial charge in [-0.25, -0.2) is 0 Å². The second kappa shape index (κ2) is 9.21. The first-order valence-corrected chi connectivity index (χ1v) is 10.2. The third-order valence-electron chi connectivity index (χ3n) is 4.28. The van der Waals surface area contributed by atoms with Crippen LogP contribution >= 0.6 is 11.8 Å². The van der Waals surface area contributed by atoms with Gasteiger partial charge in [-0.15, -0.1) is 10.2 Å². The summed E-state index contributed by atoms with van der Waals surface area (Å²) in [5.41, 5.74) is 2.92. The summed E-state index contributed by atoms with van der Waals surface area (Å²) in [6.45, 7) is 0. The summed E-state index contributed by atoms with van der Waals surface area (Å²) in [4.78, 5) is 4.45. The molecule has 2 aromatic heterocycles. The van der Waals surface area contributed by atoms with Crippen LogP contribution in [0.5, 0.6) is 5.75 Å². The quantitative estimate of drug-likeness (QED) is 0.402. The van der Waals surface area contributed by atoms with E-state index in [1.54, 1.807) is 25.1 Å². The van der Waals surface area contributed by atoms with E-state index in [4.69, 9.17) is 4.74 Å². The molecule has 0 saturated heterocycles. The molecule has 6 heteroatoms. The van der Waals surface area contributed by atoms with E-state index >= 15 is 0 Å². The summed E-state index contributed by atoms with van der Waals surface area (Å²) in [5.74, 6) is 2.30. The van der Waals surface area contributed by atoms with E-state index in [1.807, 2.05) is 65.2 Å². The minimum atomic E-state index is 0.713. The molecule has 0 amide bonds. The third kappa shape index (κ3) is 4.55. The molecule has 2 aromatic carbocycles. The van der Waals surface area contributed by atoms with Crippen LogP contribution in [0.3, 0.4) is 0 Å². The van der Waals surface area contributed by atoms with Crippen LogP contribution in [0.15, 0.2) is 90.2 Å². The zero-order chi connectivity index (χ0) is 19.9. The van der Waals surface area contributed by atoms with Crippen LogP contribution in [0.2, 0.25) is 0 Å². The SMILES string of the molecule is COc1ccc(-n2c(SC/C=C/c3ccccc3)nnc2-c2ccccn2)cc1. The summed E-state index contributed by atoms with van der Waals surface area (Å²) in [6.07, 6.45) is 6.01. The highest BCUT2D eigenvalue weighted by molar-refractivity contribution is 7.99. The average molecular weight is 401 g/mol. The highest BCUT2D eigenvalue weighted by Gasteiger charge is 2.16. The van der Waals surface area contributed by atoms with Gasteiger partial charge in [0.05, 0.1) is 12.8 Å². The van der Waals surface area contributed by atoms with Crippen molar-refractivity contribution < 1.29 is 4.74 Å². The van der Waals surface area contributed by atoms with E-state index in [0.717, 1.165) is 28.0 Å². The van der Waals surface area contributed by atoms with Gasteiger partial charge in [0, 0.05) is 11.9 Å². The van der Waals surface area contributed by atoms with Gasteiger partial charge in [-0.3, -0.25) is 9.55 Å². The minimum absolute atomic E-state index is 0.713. The molecule has 0 unspecified atom stereocenters. The maximum absolute atomic E-state index is 5.29. The van der Waals surface area contributed by atoms with Crippen LogP contribution in [0.4, 0.5) is 0 Å². The van der Waals surface area contributed by atoms with Crippen molar-refractivity contribution in [1.82, 2.24) is 19.7 Å². The Balaban J connectivity index is 1.62. The lowest BCUT2D eigenvalue weighted by Crippen LogP contribution is -2.00. The number of pyridine rings is 1. The van der Waals surface area contributed by atoms with E-state index in [1.165, 1.54) is 5.56 Å². The molecule has 4 rings (SSSR count). The Morgan fingerprint density at radius 2 is 1.72 bits per heavy atom. The van der Waals surface area contributed by atoms with E-state index in [-0.39, 0.29) is 0 Å². The summed E-state index contributed by atoms with van der Waals surface area (Å²) in [7, 11) is 1.66. The molecule has 0 radical (unpaired) electrons. The number of rotatable bonds is 7. The van der Waals surface area contributed by atoms with Gasteiger partial charge in [0.25, 0.3) is 0 Å². The zero-order valence-corrected chi connectivity index (χ0v) is 16.8. The van der Waals surface area contributed by atoms with Crippen molar-refractivity contribution in [3.63, 3.8) is 0 Å². The van der Waals surface area contributed by atoms with E-state index in [2.05, 4.69) is 39.5 Å². The standard InChI is InChI=1S/C23H20N4OS/c1-28-20-14-12-19(13-15-20)27-22(21-11-5-6-16-24-21)25-26-23(27)29-17-7-10-18-8-3-2-4-9-18/h2-16H,17H2,1H3/b10-7+. The lowest BCUT2D eigenvalue weighted by Gasteiger charge is -2.10. The summed E-state index contributed by atoms with van der Waals surface area (Å²) in [5, 5.41) is 9.66. The van der Waals surface area contributed by atoms with Crippen LogP contribution in [0, 0.1) is 0 Å². The molecule has 0 N–H and O–H groups in total. The van der Waals surface area contributed by atoms with E-state index in [9.17, 15) is 0 Å². The molecule has 2 heterocycles. The second-order valence-corrected chi connectivity index (χ2v) is 7.17. The van der Waals surface area contributed by atoms with Crippen molar-refractivity contribution >= 4 is 17.8 Å². The number of hydrogen-bond donors (Lipinski definition) is 0. The Morgan fingerprint density at radius 1 is 0.931 bits per heavy atom. The first-order valence-electron chi connectivity index (χ1n) is 9.21. The van der Waals surface area contributed by atoms with Crippen molar-refractivity contribution in [2.45, 2.75) is 5.16 Å². The monoisotopic (exact) mass is 400 g/mol. The van der Waals surface area contributed by atoms with Gasteiger partial charge in [-0.2, -0.15) is 0 Å². The highest BCUT2D eigenvalue weighted by atomic mass is 32.2. The number of ether oxygens (including phenoxy) is 1. The summed E-state index contributed by atoms with van der Waals surface area (Å²) >= 11 is 1.63. The number of thioether (sulfide) groups is 1. The summed E-state index contributed by atoms with van der Waals surface area (Å²) in [6, 6.07) is 23.9. The summed E-state index contributed by atoms with van der Waals surface area (Å²) < 4.78 is 7.32. The van der Waals surface area contributed by atoms with Gasteiger partial charge in [0.2, 0.25) is 0 Å². The molecule has 5 nitrogen and oxygen atoms in total. The highest BCUT2D eigenvalue weighted by Crippen LogP contribution is 2.28. The Bertz CT molecular complexity index is 1080. The van der Waals surface area contributed by atoms with E-state index < -0.39 is 0 Å². The van der Waals surface area contributed by atoms with Crippen molar-refractivity contribution in [3.8, 4) is 23.0 Å².